The van der Waals surface area contributed by atoms with Crippen molar-refractivity contribution in [2.24, 2.45) is 5.92 Å². The number of benzene rings is 1. The second-order valence-corrected chi connectivity index (χ2v) is 3.71. The van der Waals surface area contributed by atoms with E-state index in [-0.39, 0.29) is 5.56 Å². The van der Waals surface area contributed by atoms with Crippen LogP contribution in [0, 0.1) is 5.92 Å². The van der Waals surface area contributed by atoms with Crippen molar-refractivity contribution in [2.75, 3.05) is 11.9 Å². The molecule has 0 aliphatic heterocycles. The van der Waals surface area contributed by atoms with Crippen molar-refractivity contribution in [1.29, 1.82) is 0 Å². The number of anilines is 1. The van der Waals surface area contributed by atoms with Gasteiger partial charge in [0.25, 0.3) is 0 Å². The molecule has 5 nitrogen and oxygen atoms in total. The van der Waals surface area contributed by atoms with Crippen molar-refractivity contribution < 1.29 is 19.8 Å². The normalized spacial score (nSPS) is 11.8. The molecule has 0 amide bonds. The lowest BCUT2D eigenvalue weighted by Gasteiger charge is -2.12. The van der Waals surface area contributed by atoms with Gasteiger partial charge in [0.05, 0.1) is 11.5 Å². The predicted molar refractivity (Wildman–Crippen MR) is 63.3 cm³/mol. The summed E-state index contributed by atoms with van der Waals surface area (Å²) in [7, 11) is 0. The molecule has 17 heavy (non-hydrogen) atoms. The van der Waals surface area contributed by atoms with Crippen molar-refractivity contribution in [3.8, 4) is 0 Å². The third kappa shape index (κ3) is 3.79. The zero-order valence-electron chi connectivity index (χ0n) is 9.51. The first-order chi connectivity index (χ1) is 8.04. The molecule has 0 saturated heterocycles. The molecule has 92 valence electrons. The Kier molecular flexibility index (Phi) is 4.51. The first-order valence-corrected chi connectivity index (χ1v) is 5.34. The van der Waals surface area contributed by atoms with Gasteiger partial charge in [-0.3, -0.25) is 4.79 Å². The molecule has 1 aromatic carbocycles. The van der Waals surface area contributed by atoms with E-state index in [0.717, 1.165) is 5.69 Å². The summed E-state index contributed by atoms with van der Waals surface area (Å²) in [6, 6.07) is 6.20. The van der Waals surface area contributed by atoms with Gasteiger partial charge in [0.2, 0.25) is 0 Å². The monoisotopic (exact) mass is 237 g/mol. The van der Waals surface area contributed by atoms with Crippen molar-refractivity contribution in [2.45, 2.75) is 13.3 Å². The number of hydrogen-bond acceptors (Lipinski definition) is 3. The molecule has 0 saturated carbocycles. The summed E-state index contributed by atoms with van der Waals surface area (Å²) in [4.78, 5) is 21.4. The second-order valence-electron chi connectivity index (χ2n) is 3.71. The first-order valence-electron chi connectivity index (χ1n) is 5.34. The number of aliphatic carboxylic acids is 1. The molecule has 1 unspecified atom stereocenters. The van der Waals surface area contributed by atoms with E-state index in [1.54, 1.807) is 12.1 Å². The highest BCUT2D eigenvalue weighted by atomic mass is 16.4. The van der Waals surface area contributed by atoms with Crippen LogP contribution in [0.4, 0.5) is 5.69 Å². The van der Waals surface area contributed by atoms with Gasteiger partial charge in [-0.2, -0.15) is 0 Å². The molecule has 1 rings (SSSR count). The minimum absolute atomic E-state index is 0.209. The molecule has 5 heteroatoms. The average molecular weight is 237 g/mol. The molecule has 3 N–H and O–H groups in total. The molecule has 1 aromatic rings. The van der Waals surface area contributed by atoms with E-state index in [2.05, 4.69) is 5.32 Å². The smallest absolute Gasteiger partial charge is 0.335 e. The van der Waals surface area contributed by atoms with E-state index >= 15 is 0 Å². The summed E-state index contributed by atoms with van der Waals surface area (Å²) >= 11 is 0. The Bertz CT molecular complexity index is 399. The first kappa shape index (κ1) is 13.0. The molecule has 0 fully saturated rings. The van der Waals surface area contributed by atoms with Gasteiger partial charge in [0.1, 0.15) is 0 Å². The Balaban J connectivity index is 2.58. The minimum Gasteiger partial charge on any atom is -0.481 e. The van der Waals surface area contributed by atoms with Gasteiger partial charge in [-0.05, 0) is 30.7 Å². The highest BCUT2D eigenvalue weighted by molar-refractivity contribution is 5.88. The average Bonchev–Trinajstić information content (AvgIpc) is 2.30. The standard InChI is InChI=1S/C12H15NO4/c1-2-8(11(14)15)7-13-10-5-3-9(4-6-10)12(16)17/h3-6,8,13H,2,7H2,1H3,(H,14,15)(H,16,17). The fourth-order valence-electron chi connectivity index (χ4n) is 1.38. The molecule has 0 bridgehead atoms. The highest BCUT2D eigenvalue weighted by Gasteiger charge is 2.14. The third-order valence-corrected chi connectivity index (χ3v) is 2.53. The number of carboxylic acids is 2. The number of aromatic carboxylic acids is 1. The maximum Gasteiger partial charge on any atom is 0.335 e. The Hall–Kier alpha value is -2.04. The molecule has 0 spiro atoms. The van der Waals surface area contributed by atoms with E-state index in [1.807, 2.05) is 6.92 Å². The molecule has 0 aromatic heterocycles. The second kappa shape index (κ2) is 5.89. The Labute approximate surface area is 99.1 Å². The lowest BCUT2D eigenvalue weighted by atomic mass is 10.1. The lowest BCUT2D eigenvalue weighted by Crippen LogP contribution is -2.22. The van der Waals surface area contributed by atoms with Crippen LogP contribution in [0.25, 0.3) is 0 Å². The van der Waals surface area contributed by atoms with E-state index < -0.39 is 17.9 Å². The van der Waals surface area contributed by atoms with Gasteiger partial charge in [0, 0.05) is 12.2 Å². The number of nitrogens with one attached hydrogen (secondary N) is 1. The Morgan fingerprint density at radius 2 is 1.82 bits per heavy atom. The maximum absolute atomic E-state index is 10.8. The van der Waals surface area contributed by atoms with Crippen molar-refractivity contribution >= 4 is 17.6 Å². The van der Waals surface area contributed by atoms with E-state index in [4.69, 9.17) is 10.2 Å². The van der Waals surface area contributed by atoms with E-state index in [9.17, 15) is 9.59 Å². The number of carboxylic acid groups (broad SMARTS) is 2. The summed E-state index contributed by atoms with van der Waals surface area (Å²) in [6.45, 7) is 2.15. The summed E-state index contributed by atoms with van der Waals surface area (Å²) < 4.78 is 0. The summed E-state index contributed by atoms with van der Waals surface area (Å²) in [6.07, 6.45) is 0.551. The highest BCUT2D eigenvalue weighted by Crippen LogP contribution is 2.11. The van der Waals surface area contributed by atoms with Gasteiger partial charge < -0.3 is 15.5 Å². The molecule has 0 aliphatic rings. The van der Waals surface area contributed by atoms with Crippen LogP contribution in [0.15, 0.2) is 24.3 Å². The number of carbonyl (C=O) groups is 2. The van der Waals surface area contributed by atoms with Crippen LogP contribution in [-0.4, -0.2) is 28.7 Å². The van der Waals surface area contributed by atoms with Crippen LogP contribution in [-0.2, 0) is 4.79 Å². The maximum atomic E-state index is 10.8. The van der Waals surface area contributed by atoms with Gasteiger partial charge in [0.15, 0.2) is 0 Å². The third-order valence-electron chi connectivity index (χ3n) is 2.53. The fourth-order valence-corrected chi connectivity index (χ4v) is 1.38. The minimum atomic E-state index is -0.978. The topological polar surface area (TPSA) is 86.6 Å². The van der Waals surface area contributed by atoms with Crippen LogP contribution in [0.3, 0.4) is 0 Å². The summed E-state index contributed by atoms with van der Waals surface area (Å²) in [5.74, 6) is -2.25. The van der Waals surface area contributed by atoms with Crippen LogP contribution in [0.1, 0.15) is 23.7 Å². The van der Waals surface area contributed by atoms with Crippen LogP contribution in [0.2, 0.25) is 0 Å². The van der Waals surface area contributed by atoms with Gasteiger partial charge in [-0.15, -0.1) is 0 Å². The Morgan fingerprint density at radius 3 is 2.24 bits per heavy atom. The van der Waals surface area contributed by atoms with Crippen LogP contribution in [0.5, 0.6) is 0 Å². The predicted octanol–water partition coefficient (Wildman–Crippen LogP) is 1.91. The van der Waals surface area contributed by atoms with Crippen LogP contribution >= 0.6 is 0 Å². The number of rotatable bonds is 6. The van der Waals surface area contributed by atoms with Gasteiger partial charge in [-0.1, -0.05) is 6.92 Å². The number of hydrogen-bond donors (Lipinski definition) is 3. The molecular weight excluding hydrogens is 222 g/mol. The van der Waals surface area contributed by atoms with Gasteiger partial charge >= 0.3 is 11.9 Å². The lowest BCUT2D eigenvalue weighted by molar-refractivity contribution is -0.141. The van der Waals surface area contributed by atoms with Crippen molar-refractivity contribution in [3.63, 3.8) is 0 Å². The van der Waals surface area contributed by atoms with Gasteiger partial charge in [-0.25, -0.2) is 4.79 Å². The zero-order valence-corrected chi connectivity index (χ0v) is 9.51. The molecular formula is C12H15NO4. The van der Waals surface area contributed by atoms with Crippen LogP contribution < -0.4 is 5.32 Å². The van der Waals surface area contributed by atoms with Crippen molar-refractivity contribution in [3.05, 3.63) is 29.8 Å². The van der Waals surface area contributed by atoms with E-state index in [1.165, 1.54) is 12.1 Å². The van der Waals surface area contributed by atoms with Crippen molar-refractivity contribution in [1.82, 2.24) is 0 Å². The zero-order chi connectivity index (χ0) is 12.8. The molecule has 1 atom stereocenters. The quantitative estimate of drug-likeness (QED) is 0.703. The Morgan fingerprint density at radius 1 is 1.24 bits per heavy atom. The largest absolute Gasteiger partial charge is 0.481 e. The fraction of sp³-hybridized carbons (Fsp3) is 0.333. The molecule has 0 heterocycles. The van der Waals surface area contributed by atoms with E-state index in [0.29, 0.717) is 13.0 Å². The summed E-state index contributed by atoms with van der Waals surface area (Å²) in [5.41, 5.74) is 0.926. The SMILES string of the molecule is CCC(CNc1ccc(C(=O)O)cc1)C(=O)O. The summed E-state index contributed by atoms with van der Waals surface area (Å²) in [5, 5.41) is 20.5. The molecule has 0 aliphatic carbocycles. The molecule has 0 radical (unpaired) electrons.